The largest absolute Gasteiger partial charge is 0.317 e. The van der Waals surface area contributed by atoms with Crippen LogP contribution in [-0.2, 0) is 10.0 Å². The molecular formula is C14H19N3O2S. The van der Waals surface area contributed by atoms with E-state index in [0.29, 0.717) is 11.6 Å². The van der Waals surface area contributed by atoms with E-state index in [1.165, 1.54) is 24.3 Å². The summed E-state index contributed by atoms with van der Waals surface area (Å²) in [6.07, 6.45) is 3.66. The quantitative estimate of drug-likeness (QED) is 0.878. The second-order valence-electron chi connectivity index (χ2n) is 5.09. The van der Waals surface area contributed by atoms with E-state index in [1.54, 1.807) is 0 Å². The predicted octanol–water partition coefficient (Wildman–Crippen LogP) is 1.37. The molecule has 6 heteroatoms. The van der Waals surface area contributed by atoms with E-state index < -0.39 is 10.0 Å². The van der Waals surface area contributed by atoms with Crippen LogP contribution in [0.3, 0.4) is 0 Å². The Morgan fingerprint density at radius 2 is 1.65 bits per heavy atom. The van der Waals surface area contributed by atoms with E-state index in [0.717, 1.165) is 25.7 Å². The summed E-state index contributed by atoms with van der Waals surface area (Å²) in [6, 6.07) is 8.45. The zero-order chi connectivity index (χ0) is 14.6. The molecule has 0 heterocycles. The van der Waals surface area contributed by atoms with Crippen molar-refractivity contribution in [2.45, 2.75) is 42.7 Å². The lowest BCUT2D eigenvalue weighted by Crippen LogP contribution is -2.41. The SMILES string of the molecule is CNC1CCC(NS(=O)(=O)c2ccc(C#N)cc2)CC1. The van der Waals surface area contributed by atoms with Crippen molar-refractivity contribution in [1.82, 2.24) is 10.0 Å². The minimum absolute atomic E-state index is 0.000225. The number of benzene rings is 1. The first-order chi connectivity index (χ1) is 9.55. The molecule has 2 N–H and O–H groups in total. The predicted molar refractivity (Wildman–Crippen MR) is 76.6 cm³/mol. The summed E-state index contributed by atoms with van der Waals surface area (Å²) in [7, 11) is -1.55. The van der Waals surface area contributed by atoms with E-state index in [9.17, 15) is 8.42 Å². The number of hydrogen-bond acceptors (Lipinski definition) is 4. The summed E-state index contributed by atoms with van der Waals surface area (Å²) in [6.45, 7) is 0. The zero-order valence-corrected chi connectivity index (χ0v) is 12.3. The summed E-state index contributed by atoms with van der Waals surface area (Å²) >= 11 is 0. The molecule has 1 aliphatic rings. The van der Waals surface area contributed by atoms with E-state index in [-0.39, 0.29) is 10.9 Å². The monoisotopic (exact) mass is 293 g/mol. The average molecular weight is 293 g/mol. The smallest absolute Gasteiger partial charge is 0.240 e. The van der Waals surface area contributed by atoms with Crippen molar-refractivity contribution in [1.29, 1.82) is 5.26 Å². The van der Waals surface area contributed by atoms with Gasteiger partial charge >= 0.3 is 0 Å². The number of nitrogens with one attached hydrogen (secondary N) is 2. The second kappa shape index (κ2) is 6.35. The van der Waals surface area contributed by atoms with Gasteiger partial charge in [-0.05, 0) is 57.0 Å². The maximum atomic E-state index is 12.2. The highest BCUT2D eigenvalue weighted by atomic mass is 32.2. The maximum absolute atomic E-state index is 12.2. The third kappa shape index (κ3) is 3.57. The minimum atomic E-state index is -3.49. The fourth-order valence-electron chi connectivity index (χ4n) is 2.50. The fraction of sp³-hybridized carbons (Fsp3) is 0.500. The summed E-state index contributed by atoms with van der Waals surface area (Å²) in [5.41, 5.74) is 0.457. The van der Waals surface area contributed by atoms with Gasteiger partial charge in [-0.3, -0.25) is 0 Å². The summed E-state index contributed by atoms with van der Waals surface area (Å²) in [5, 5.41) is 11.9. The van der Waals surface area contributed by atoms with E-state index >= 15 is 0 Å². The molecule has 0 bridgehead atoms. The molecule has 108 valence electrons. The third-order valence-electron chi connectivity index (χ3n) is 3.75. The zero-order valence-electron chi connectivity index (χ0n) is 11.5. The molecule has 1 fully saturated rings. The Morgan fingerprint density at radius 1 is 1.10 bits per heavy atom. The van der Waals surface area contributed by atoms with Gasteiger partial charge in [-0.1, -0.05) is 0 Å². The molecule has 0 atom stereocenters. The molecule has 0 amide bonds. The topological polar surface area (TPSA) is 82.0 Å². The number of hydrogen-bond donors (Lipinski definition) is 2. The number of nitrogens with zero attached hydrogens (tertiary/aromatic N) is 1. The summed E-state index contributed by atoms with van der Waals surface area (Å²) < 4.78 is 27.2. The van der Waals surface area contributed by atoms with Crippen LogP contribution in [0.15, 0.2) is 29.2 Å². The first-order valence-corrected chi connectivity index (χ1v) is 8.23. The molecule has 20 heavy (non-hydrogen) atoms. The fourth-order valence-corrected chi connectivity index (χ4v) is 3.80. The van der Waals surface area contributed by atoms with Crippen LogP contribution in [0.5, 0.6) is 0 Å². The highest BCUT2D eigenvalue weighted by molar-refractivity contribution is 7.89. The molecule has 0 saturated heterocycles. The third-order valence-corrected chi connectivity index (χ3v) is 5.29. The average Bonchev–Trinajstić information content (AvgIpc) is 2.48. The Morgan fingerprint density at radius 3 is 2.15 bits per heavy atom. The Balaban J connectivity index is 2.02. The van der Waals surface area contributed by atoms with Gasteiger partial charge in [0, 0.05) is 12.1 Å². The van der Waals surface area contributed by atoms with Crippen molar-refractivity contribution in [2.75, 3.05) is 7.05 Å². The molecule has 2 rings (SSSR count). The molecule has 1 aromatic carbocycles. The molecular weight excluding hydrogens is 274 g/mol. The van der Waals surface area contributed by atoms with Gasteiger partial charge in [0.05, 0.1) is 16.5 Å². The maximum Gasteiger partial charge on any atom is 0.240 e. The molecule has 1 aliphatic carbocycles. The van der Waals surface area contributed by atoms with Crippen molar-refractivity contribution < 1.29 is 8.42 Å². The molecule has 0 unspecified atom stereocenters. The van der Waals surface area contributed by atoms with Crippen molar-refractivity contribution in [3.8, 4) is 6.07 Å². The minimum Gasteiger partial charge on any atom is -0.317 e. The van der Waals surface area contributed by atoms with Crippen molar-refractivity contribution in [3.63, 3.8) is 0 Å². The highest BCUT2D eigenvalue weighted by Crippen LogP contribution is 2.20. The van der Waals surface area contributed by atoms with Gasteiger partial charge in [-0.2, -0.15) is 5.26 Å². The van der Waals surface area contributed by atoms with Crippen LogP contribution in [0.1, 0.15) is 31.2 Å². The lowest BCUT2D eigenvalue weighted by molar-refractivity contribution is 0.343. The summed E-state index contributed by atoms with van der Waals surface area (Å²) in [5.74, 6) is 0. The Kier molecular flexibility index (Phi) is 4.76. The van der Waals surface area contributed by atoms with Gasteiger partial charge < -0.3 is 5.32 Å². The van der Waals surface area contributed by atoms with Gasteiger partial charge in [0.2, 0.25) is 10.0 Å². The first kappa shape index (κ1) is 15.0. The number of sulfonamides is 1. The molecule has 1 saturated carbocycles. The van der Waals surface area contributed by atoms with Crippen LogP contribution in [0.4, 0.5) is 0 Å². The Bertz CT molecular complexity index is 582. The first-order valence-electron chi connectivity index (χ1n) is 6.75. The Labute approximate surface area is 120 Å². The van der Waals surface area contributed by atoms with E-state index in [4.69, 9.17) is 5.26 Å². The van der Waals surface area contributed by atoms with Crippen molar-refractivity contribution >= 4 is 10.0 Å². The van der Waals surface area contributed by atoms with Crippen LogP contribution in [-0.4, -0.2) is 27.5 Å². The molecule has 0 radical (unpaired) electrons. The number of rotatable bonds is 4. The van der Waals surface area contributed by atoms with Crippen LogP contribution in [0.2, 0.25) is 0 Å². The molecule has 0 aliphatic heterocycles. The van der Waals surface area contributed by atoms with Gasteiger partial charge in [0.15, 0.2) is 0 Å². The van der Waals surface area contributed by atoms with Gasteiger partial charge in [0.25, 0.3) is 0 Å². The standard InChI is InChI=1S/C14H19N3O2S/c1-16-12-4-6-13(7-5-12)17-20(18,19)14-8-2-11(10-15)3-9-14/h2-3,8-9,12-13,16-17H,4-7H2,1H3. The molecule has 5 nitrogen and oxygen atoms in total. The summed E-state index contributed by atoms with van der Waals surface area (Å²) in [4.78, 5) is 0.215. The Hall–Kier alpha value is -1.42. The van der Waals surface area contributed by atoms with E-state index in [2.05, 4.69) is 10.0 Å². The normalized spacial score (nSPS) is 23.2. The van der Waals surface area contributed by atoms with Crippen LogP contribution >= 0.6 is 0 Å². The highest BCUT2D eigenvalue weighted by Gasteiger charge is 2.24. The van der Waals surface area contributed by atoms with E-state index in [1.807, 2.05) is 13.1 Å². The van der Waals surface area contributed by atoms with Crippen LogP contribution in [0.25, 0.3) is 0 Å². The van der Waals surface area contributed by atoms with Crippen LogP contribution in [0, 0.1) is 11.3 Å². The molecule has 1 aromatic rings. The lowest BCUT2D eigenvalue weighted by atomic mass is 9.92. The van der Waals surface area contributed by atoms with Gasteiger partial charge in [0.1, 0.15) is 0 Å². The van der Waals surface area contributed by atoms with Crippen molar-refractivity contribution in [2.24, 2.45) is 0 Å². The number of nitriles is 1. The lowest BCUT2D eigenvalue weighted by Gasteiger charge is -2.28. The van der Waals surface area contributed by atoms with Crippen molar-refractivity contribution in [3.05, 3.63) is 29.8 Å². The molecule has 0 spiro atoms. The van der Waals surface area contributed by atoms with Crippen LogP contribution < -0.4 is 10.0 Å². The second-order valence-corrected chi connectivity index (χ2v) is 6.81. The molecule has 0 aromatic heterocycles. The van der Waals surface area contributed by atoms with Gasteiger partial charge in [-0.25, -0.2) is 13.1 Å². The van der Waals surface area contributed by atoms with Gasteiger partial charge in [-0.15, -0.1) is 0 Å².